The molecule has 2 aliphatic carbocycles. The number of rotatable bonds is 8. The number of hydrogen-bond acceptors (Lipinski definition) is 3. The van der Waals surface area contributed by atoms with Crippen molar-refractivity contribution in [3.63, 3.8) is 0 Å². The Morgan fingerprint density at radius 3 is 2.79 bits per heavy atom. The highest BCUT2D eigenvalue weighted by molar-refractivity contribution is 5.38. The lowest BCUT2D eigenvalue weighted by Crippen LogP contribution is -2.37. The molecule has 0 aromatic rings. The number of nitrogens with zero attached hydrogens (tertiary/aromatic N) is 1. The summed E-state index contributed by atoms with van der Waals surface area (Å²) in [6.07, 6.45) is 18.7. The van der Waals surface area contributed by atoms with E-state index < -0.39 is 0 Å². The first-order valence-electron chi connectivity index (χ1n) is 10.7. The van der Waals surface area contributed by atoms with Crippen LogP contribution in [0.3, 0.4) is 0 Å². The van der Waals surface area contributed by atoms with Gasteiger partial charge < -0.3 is 10.4 Å². The number of hydrogen-bond donors (Lipinski definition) is 2. The number of allylic oxidation sites excluding steroid dienone is 5. The van der Waals surface area contributed by atoms with Crippen LogP contribution in [0.1, 0.15) is 39.0 Å². The average molecular weight is 381 g/mol. The van der Waals surface area contributed by atoms with Crippen LogP contribution < -0.4 is 5.32 Å². The van der Waals surface area contributed by atoms with E-state index in [9.17, 15) is 5.11 Å². The molecule has 3 rings (SSSR count). The van der Waals surface area contributed by atoms with Crippen molar-refractivity contribution in [1.29, 1.82) is 0 Å². The maximum atomic E-state index is 10.0. The Morgan fingerprint density at radius 2 is 2.14 bits per heavy atom. The Morgan fingerprint density at radius 1 is 1.36 bits per heavy atom. The molecule has 0 aromatic carbocycles. The van der Waals surface area contributed by atoms with Crippen molar-refractivity contribution in [3.05, 3.63) is 72.1 Å². The summed E-state index contributed by atoms with van der Waals surface area (Å²) in [6, 6.07) is 0. The summed E-state index contributed by atoms with van der Waals surface area (Å²) >= 11 is 0. The Hall–Kier alpha value is -1.84. The number of nitrogens with one attached hydrogen (secondary N) is 1. The molecule has 2 N–H and O–H groups in total. The second kappa shape index (κ2) is 9.11. The molecule has 3 heteroatoms. The first-order chi connectivity index (χ1) is 13.5. The van der Waals surface area contributed by atoms with Gasteiger partial charge in [-0.15, -0.1) is 0 Å². The van der Waals surface area contributed by atoms with Gasteiger partial charge in [-0.05, 0) is 57.6 Å². The molecule has 0 aromatic heterocycles. The summed E-state index contributed by atoms with van der Waals surface area (Å²) in [6.45, 7) is 13.1. The van der Waals surface area contributed by atoms with Gasteiger partial charge in [-0.1, -0.05) is 60.8 Å². The number of fused-ring (bicyclic) bond motifs is 1. The van der Waals surface area contributed by atoms with E-state index in [-0.39, 0.29) is 11.3 Å². The van der Waals surface area contributed by atoms with Crippen LogP contribution >= 0.6 is 0 Å². The van der Waals surface area contributed by atoms with Crippen LogP contribution in [0.25, 0.3) is 0 Å². The van der Waals surface area contributed by atoms with Gasteiger partial charge in [0, 0.05) is 25.6 Å². The molecule has 3 unspecified atom stereocenters. The second-order valence-corrected chi connectivity index (χ2v) is 8.42. The molecule has 0 spiro atoms. The molecular formula is C25H36N2O. The fraction of sp³-hybridized carbons (Fsp3) is 0.520. The summed E-state index contributed by atoms with van der Waals surface area (Å²) in [5.74, 6) is 1.32. The maximum absolute atomic E-state index is 10.0. The zero-order valence-corrected chi connectivity index (χ0v) is 17.6. The minimum absolute atomic E-state index is 0.281. The quantitative estimate of drug-likeness (QED) is 0.350. The van der Waals surface area contributed by atoms with Gasteiger partial charge in [-0.3, -0.25) is 4.90 Å². The lowest BCUT2D eigenvalue weighted by Gasteiger charge is -2.34. The van der Waals surface area contributed by atoms with E-state index in [4.69, 9.17) is 0 Å². The summed E-state index contributed by atoms with van der Waals surface area (Å²) in [7, 11) is 1.93. The van der Waals surface area contributed by atoms with Crippen LogP contribution in [-0.4, -0.2) is 42.2 Å². The van der Waals surface area contributed by atoms with Gasteiger partial charge >= 0.3 is 0 Å². The Labute approximate surface area is 170 Å². The van der Waals surface area contributed by atoms with Gasteiger partial charge in [-0.2, -0.15) is 0 Å². The van der Waals surface area contributed by atoms with E-state index in [0.717, 1.165) is 45.3 Å². The van der Waals surface area contributed by atoms with E-state index in [1.165, 1.54) is 17.6 Å². The van der Waals surface area contributed by atoms with Gasteiger partial charge in [0.2, 0.25) is 0 Å². The van der Waals surface area contributed by atoms with Gasteiger partial charge in [0.25, 0.3) is 0 Å². The standard InChI is InChI=1S/C25H36N2O/c1-5-7-8-9-20(6-2)17-27-15-14-21-10-11-22(12-13-23(21)18-27)24-16-25(24,26-4)19(3)28/h5-7,9-11,23-24,26,28H,2-3,8,12-18H2,1,4H3/b7-5-,20-9+. The fourth-order valence-corrected chi connectivity index (χ4v) is 4.86. The minimum atomic E-state index is -0.289. The lowest BCUT2D eigenvalue weighted by atomic mass is 9.87. The zero-order valence-electron chi connectivity index (χ0n) is 17.6. The highest BCUT2D eigenvalue weighted by atomic mass is 16.3. The number of likely N-dealkylation sites (tertiary alicyclic amines) is 1. The van der Waals surface area contributed by atoms with Crippen molar-refractivity contribution in [2.24, 2.45) is 11.8 Å². The number of aliphatic hydroxyl groups is 1. The SMILES string of the molecule is C=C/C(=C\C/C=C\C)CN1CCC2=CC=C(C3CC3(NC)C(=C)O)CCC2C1. The molecule has 28 heavy (non-hydrogen) atoms. The van der Waals surface area contributed by atoms with E-state index in [2.05, 4.69) is 60.7 Å². The molecule has 0 amide bonds. The fourth-order valence-electron chi connectivity index (χ4n) is 4.86. The molecule has 3 aliphatic rings. The third-order valence-corrected chi connectivity index (χ3v) is 6.80. The molecule has 3 nitrogen and oxygen atoms in total. The predicted molar refractivity (Wildman–Crippen MR) is 119 cm³/mol. The van der Waals surface area contributed by atoms with Crippen LogP contribution in [0, 0.1) is 11.8 Å². The van der Waals surface area contributed by atoms with Crippen LogP contribution in [0.5, 0.6) is 0 Å². The molecule has 1 saturated carbocycles. The maximum Gasteiger partial charge on any atom is 0.106 e. The summed E-state index contributed by atoms with van der Waals surface area (Å²) in [5, 5.41) is 13.3. The van der Waals surface area contributed by atoms with Gasteiger partial charge in [-0.25, -0.2) is 0 Å². The zero-order chi connectivity index (χ0) is 20.1. The number of piperidine rings is 1. The topological polar surface area (TPSA) is 35.5 Å². The van der Waals surface area contributed by atoms with Crippen molar-refractivity contribution < 1.29 is 5.11 Å². The Bertz CT molecular complexity index is 727. The smallest absolute Gasteiger partial charge is 0.106 e. The molecule has 0 bridgehead atoms. The molecule has 1 heterocycles. The third-order valence-electron chi connectivity index (χ3n) is 6.80. The highest BCUT2D eigenvalue weighted by Crippen LogP contribution is 2.53. The molecule has 1 saturated heterocycles. The monoisotopic (exact) mass is 380 g/mol. The van der Waals surface area contributed by atoms with E-state index in [0.29, 0.717) is 11.8 Å². The van der Waals surface area contributed by atoms with Crippen molar-refractivity contribution in [3.8, 4) is 0 Å². The van der Waals surface area contributed by atoms with Crippen molar-refractivity contribution in [1.82, 2.24) is 10.2 Å². The first-order valence-corrected chi connectivity index (χ1v) is 10.7. The summed E-state index contributed by atoms with van der Waals surface area (Å²) < 4.78 is 0. The predicted octanol–water partition coefficient (Wildman–Crippen LogP) is 5.08. The molecule has 2 fully saturated rings. The Kier molecular flexibility index (Phi) is 6.79. The number of likely N-dealkylation sites (N-methyl/N-ethyl adjacent to an activating group) is 1. The molecular weight excluding hydrogens is 344 g/mol. The summed E-state index contributed by atoms with van der Waals surface area (Å²) in [4.78, 5) is 2.58. The van der Waals surface area contributed by atoms with Gasteiger partial charge in [0.05, 0.1) is 5.54 Å². The van der Waals surface area contributed by atoms with E-state index in [1.807, 2.05) is 13.1 Å². The van der Waals surface area contributed by atoms with Crippen molar-refractivity contribution in [2.75, 3.05) is 26.7 Å². The molecule has 1 aliphatic heterocycles. The van der Waals surface area contributed by atoms with E-state index in [1.54, 1.807) is 5.57 Å². The van der Waals surface area contributed by atoms with Crippen LogP contribution in [0.4, 0.5) is 0 Å². The number of aliphatic hydroxyl groups excluding tert-OH is 1. The van der Waals surface area contributed by atoms with Crippen LogP contribution in [-0.2, 0) is 0 Å². The van der Waals surface area contributed by atoms with Crippen LogP contribution in [0.15, 0.2) is 72.1 Å². The van der Waals surface area contributed by atoms with Crippen molar-refractivity contribution >= 4 is 0 Å². The van der Waals surface area contributed by atoms with E-state index >= 15 is 0 Å². The van der Waals surface area contributed by atoms with Gasteiger partial charge in [0.15, 0.2) is 0 Å². The average Bonchev–Trinajstić information content (AvgIpc) is 3.46. The minimum Gasteiger partial charge on any atom is -0.511 e. The summed E-state index contributed by atoms with van der Waals surface area (Å²) in [5.41, 5.74) is 4.11. The molecule has 3 atom stereocenters. The third kappa shape index (κ3) is 4.42. The van der Waals surface area contributed by atoms with Gasteiger partial charge in [0.1, 0.15) is 5.76 Å². The lowest BCUT2D eigenvalue weighted by molar-refractivity contribution is 0.225. The van der Waals surface area contributed by atoms with Crippen LogP contribution in [0.2, 0.25) is 0 Å². The molecule has 152 valence electrons. The second-order valence-electron chi connectivity index (χ2n) is 8.42. The van der Waals surface area contributed by atoms with Crippen molar-refractivity contribution in [2.45, 2.75) is 44.6 Å². The highest BCUT2D eigenvalue weighted by Gasteiger charge is 2.57. The largest absolute Gasteiger partial charge is 0.511 e. The molecule has 0 radical (unpaired) electrons. The first kappa shape index (κ1) is 20.9. The Balaban J connectivity index is 1.59. The normalized spacial score (nSPS) is 31.0.